The van der Waals surface area contributed by atoms with Crippen LogP contribution in [0.2, 0.25) is 0 Å². The predicted octanol–water partition coefficient (Wildman–Crippen LogP) is 7.36. The third-order valence-electron chi connectivity index (χ3n) is 7.02. The Bertz CT molecular complexity index is 1190. The van der Waals surface area contributed by atoms with Crippen LogP contribution in [-0.4, -0.2) is 61.9 Å². The highest BCUT2D eigenvalue weighted by Gasteiger charge is 2.35. The van der Waals surface area contributed by atoms with Crippen molar-refractivity contribution in [2.75, 3.05) is 39.2 Å². The molecule has 41 heavy (non-hydrogen) atoms. The third-order valence-corrected chi connectivity index (χ3v) is 7.76. The van der Waals surface area contributed by atoms with Gasteiger partial charge in [0, 0.05) is 17.4 Å². The van der Waals surface area contributed by atoms with E-state index in [0.717, 1.165) is 24.2 Å². The Morgan fingerprint density at radius 2 is 1.63 bits per heavy atom. The van der Waals surface area contributed by atoms with Gasteiger partial charge in [-0.3, -0.25) is 0 Å². The molecule has 6 nitrogen and oxygen atoms in total. The number of piperidine rings is 1. The highest BCUT2D eigenvalue weighted by molar-refractivity contribution is 7.98. The number of likely N-dealkylation sites (tertiary alicyclic amines) is 1. The molecule has 1 aliphatic rings. The van der Waals surface area contributed by atoms with Crippen LogP contribution in [0.4, 0.5) is 4.79 Å². The number of hydrogen-bond acceptors (Lipinski definition) is 6. The number of carbonyl (C=O) groups is 1. The molecule has 3 aromatic carbocycles. The normalized spacial score (nSPS) is 17.3. The number of amides is 1. The number of ether oxygens (including phenoxy) is 4. The van der Waals surface area contributed by atoms with Crippen molar-refractivity contribution in [1.29, 1.82) is 0 Å². The summed E-state index contributed by atoms with van der Waals surface area (Å²) in [5, 5.41) is 0. The van der Waals surface area contributed by atoms with E-state index < -0.39 is 5.60 Å². The van der Waals surface area contributed by atoms with Crippen LogP contribution in [-0.2, 0) is 27.2 Å². The zero-order valence-electron chi connectivity index (χ0n) is 24.7. The lowest BCUT2D eigenvalue weighted by molar-refractivity contribution is -0.0359. The van der Waals surface area contributed by atoms with Crippen LogP contribution in [0, 0.1) is 0 Å². The summed E-state index contributed by atoms with van der Waals surface area (Å²) in [5.74, 6) is 0.979. The van der Waals surface area contributed by atoms with Crippen molar-refractivity contribution in [3.8, 4) is 5.75 Å². The number of thioether (sulfide) groups is 1. The second kappa shape index (κ2) is 15.3. The zero-order chi connectivity index (χ0) is 29.1. The summed E-state index contributed by atoms with van der Waals surface area (Å²) in [6.07, 6.45) is 3.32. The van der Waals surface area contributed by atoms with E-state index in [1.165, 1.54) is 16.0 Å². The molecule has 1 amide bonds. The van der Waals surface area contributed by atoms with Crippen LogP contribution >= 0.6 is 11.8 Å². The maximum Gasteiger partial charge on any atom is 0.410 e. The Labute approximate surface area is 249 Å². The quantitative estimate of drug-likeness (QED) is 0.166. The highest BCUT2D eigenvalue weighted by atomic mass is 32.2. The maximum atomic E-state index is 12.8. The van der Waals surface area contributed by atoms with Gasteiger partial charge in [-0.05, 0) is 80.8 Å². The lowest BCUT2D eigenvalue weighted by Gasteiger charge is -2.39. The second-order valence-electron chi connectivity index (χ2n) is 11.3. The van der Waals surface area contributed by atoms with E-state index in [1.807, 2.05) is 51.1 Å². The second-order valence-corrected chi connectivity index (χ2v) is 12.2. The Balaban J connectivity index is 1.32. The molecular formula is C34H43NO5S. The van der Waals surface area contributed by atoms with Gasteiger partial charge in [-0.25, -0.2) is 4.79 Å². The van der Waals surface area contributed by atoms with Gasteiger partial charge in [0.2, 0.25) is 0 Å². The van der Waals surface area contributed by atoms with Crippen LogP contribution < -0.4 is 4.74 Å². The molecule has 0 radical (unpaired) electrons. The summed E-state index contributed by atoms with van der Waals surface area (Å²) in [6.45, 7) is 9.01. The van der Waals surface area contributed by atoms with E-state index in [9.17, 15) is 4.79 Å². The number of nitrogens with zero attached hydrogens (tertiary/aromatic N) is 1. The number of benzene rings is 3. The monoisotopic (exact) mass is 577 g/mol. The first-order chi connectivity index (χ1) is 19.8. The Kier molecular flexibility index (Phi) is 11.5. The summed E-state index contributed by atoms with van der Waals surface area (Å²) < 4.78 is 23.8. The van der Waals surface area contributed by atoms with Gasteiger partial charge in [-0.15, -0.1) is 11.8 Å². The minimum absolute atomic E-state index is 0.152. The molecule has 7 heteroatoms. The minimum Gasteiger partial charge on any atom is -0.491 e. The average Bonchev–Trinajstić information content (AvgIpc) is 2.98. The molecule has 0 spiro atoms. The molecule has 2 unspecified atom stereocenters. The van der Waals surface area contributed by atoms with E-state index in [4.69, 9.17) is 18.9 Å². The molecule has 0 aromatic heterocycles. The highest BCUT2D eigenvalue weighted by Crippen LogP contribution is 2.33. The van der Waals surface area contributed by atoms with Crippen LogP contribution in [0.5, 0.6) is 5.75 Å². The van der Waals surface area contributed by atoms with Gasteiger partial charge in [0.15, 0.2) is 0 Å². The van der Waals surface area contributed by atoms with Gasteiger partial charge in [-0.1, -0.05) is 54.6 Å². The third kappa shape index (κ3) is 10.1. The summed E-state index contributed by atoms with van der Waals surface area (Å²) in [4.78, 5) is 15.8. The van der Waals surface area contributed by atoms with Crippen molar-refractivity contribution in [2.45, 2.75) is 62.7 Å². The molecule has 220 valence electrons. The van der Waals surface area contributed by atoms with E-state index in [0.29, 0.717) is 39.5 Å². The van der Waals surface area contributed by atoms with Crippen molar-refractivity contribution < 1.29 is 23.7 Å². The lowest BCUT2D eigenvalue weighted by Crippen LogP contribution is -2.48. The summed E-state index contributed by atoms with van der Waals surface area (Å²) in [5.41, 5.74) is 3.04. The van der Waals surface area contributed by atoms with E-state index in [1.54, 1.807) is 16.7 Å². The lowest BCUT2D eigenvalue weighted by atomic mass is 9.87. The first kappa shape index (κ1) is 30.9. The molecule has 1 heterocycles. The van der Waals surface area contributed by atoms with Gasteiger partial charge < -0.3 is 23.8 Å². The smallest absolute Gasteiger partial charge is 0.410 e. The van der Waals surface area contributed by atoms with Gasteiger partial charge in [0.1, 0.15) is 18.0 Å². The van der Waals surface area contributed by atoms with E-state index in [2.05, 4.69) is 54.8 Å². The molecule has 0 bridgehead atoms. The molecule has 2 atom stereocenters. The van der Waals surface area contributed by atoms with E-state index >= 15 is 0 Å². The first-order valence-corrected chi connectivity index (χ1v) is 15.6. The zero-order valence-corrected chi connectivity index (χ0v) is 25.5. The molecule has 1 saturated heterocycles. The fourth-order valence-corrected chi connectivity index (χ4v) is 5.26. The maximum absolute atomic E-state index is 12.8. The summed E-state index contributed by atoms with van der Waals surface area (Å²) in [6, 6.07) is 27.0. The summed E-state index contributed by atoms with van der Waals surface area (Å²) in [7, 11) is 0. The van der Waals surface area contributed by atoms with Gasteiger partial charge in [0.25, 0.3) is 0 Å². The van der Waals surface area contributed by atoms with Crippen molar-refractivity contribution in [3.05, 3.63) is 95.6 Å². The molecule has 1 aliphatic heterocycles. The van der Waals surface area contributed by atoms with Crippen molar-refractivity contribution in [1.82, 2.24) is 4.90 Å². The Morgan fingerprint density at radius 1 is 0.902 bits per heavy atom. The van der Waals surface area contributed by atoms with Crippen molar-refractivity contribution >= 4 is 17.9 Å². The van der Waals surface area contributed by atoms with Gasteiger partial charge in [0.05, 0.1) is 32.5 Å². The standard InChI is InChI=1S/C34H43NO5S/c1-34(2,3)40-33(36)35-20-18-31(32(24-35)39-25-27-10-16-30(41-4)17-11-27)28-12-14-29(15-13-28)38-23-22-37-21-19-26-8-6-5-7-9-26/h5-17,31-32H,18-25H2,1-4H3. The SMILES string of the molecule is CSc1ccc(COC2CN(C(=O)OC(C)(C)C)CCC2c2ccc(OCCOCCc3ccccc3)cc2)cc1. The summed E-state index contributed by atoms with van der Waals surface area (Å²) >= 11 is 1.72. The average molecular weight is 578 g/mol. The Hall–Kier alpha value is -3.00. The van der Waals surface area contributed by atoms with Crippen molar-refractivity contribution in [2.24, 2.45) is 0 Å². The first-order valence-electron chi connectivity index (χ1n) is 14.4. The van der Waals surface area contributed by atoms with Crippen LogP contribution in [0.15, 0.2) is 83.8 Å². The molecular weight excluding hydrogens is 534 g/mol. The fourth-order valence-electron chi connectivity index (χ4n) is 4.85. The van der Waals surface area contributed by atoms with Crippen molar-refractivity contribution in [3.63, 3.8) is 0 Å². The van der Waals surface area contributed by atoms with Crippen LogP contribution in [0.1, 0.15) is 49.8 Å². The predicted molar refractivity (Wildman–Crippen MR) is 165 cm³/mol. The fraction of sp³-hybridized carbons (Fsp3) is 0.441. The molecule has 0 aliphatic carbocycles. The minimum atomic E-state index is -0.536. The van der Waals surface area contributed by atoms with Crippen LogP contribution in [0.3, 0.4) is 0 Å². The molecule has 4 rings (SSSR count). The number of carbonyl (C=O) groups excluding carboxylic acids is 1. The number of hydrogen-bond donors (Lipinski definition) is 0. The van der Waals surface area contributed by atoms with Gasteiger partial charge >= 0.3 is 6.09 Å². The molecule has 1 fully saturated rings. The van der Waals surface area contributed by atoms with Gasteiger partial charge in [-0.2, -0.15) is 0 Å². The van der Waals surface area contributed by atoms with Crippen LogP contribution in [0.25, 0.3) is 0 Å². The number of rotatable bonds is 12. The Morgan fingerprint density at radius 3 is 2.32 bits per heavy atom. The molecule has 0 saturated carbocycles. The largest absolute Gasteiger partial charge is 0.491 e. The molecule has 0 N–H and O–H groups in total. The van der Waals surface area contributed by atoms with E-state index in [-0.39, 0.29) is 18.1 Å². The topological polar surface area (TPSA) is 57.2 Å². The molecule has 3 aromatic rings.